The van der Waals surface area contributed by atoms with Gasteiger partial charge >= 0.3 is 6.03 Å². The number of carbonyl (C=O) groups is 2. The molecule has 0 spiro atoms. The number of carbonyl (C=O) groups excluding carboxylic acids is 2. The van der Waals surface area contributed by atoms with Gasteiger partial charge in [-0.25, -0.2) is 4.79 Å². The van der Waals surface area contributed by atoms with Crippen molar-refractivity contribution < 1.29 is 9.59 Å². The van der Waals surface area contributed by atoms with Crippen LogP contribution >= 0.6 is 23.2 Å². The molecule has 2 amide bonds. The van der Waals surface area contributed by atoms with Gasteiger partial charge in [0.1, 0.15) is 0 Å². The Kier molecular flexibility index (Phi) is 5.61. The number of rotatable bonds is 3. The van der Waals surface area contributed by atoms with Gasteiger partial charge in [-0.3, -0.25) is 4.79 Å². The van der Waals surface area contributed by atoms with Crippen molar-refractivity contribution in [2.75, 3.05) is 18.4 Å². The molecule has 0 aliphatic carbocycles. The molecule has 0 saturated carbocycles. The molecule has 130 valence electrons. The van der Waals surface area contributed by atoms with Crippen molar-refractivity contribution in [3.8, 4) is 0 Å². The van der Waals surface area contributed by atoms with Crippen LogP contribution in [0, 0.1) is 5.92 Å². The van der Waals surface area contributed by atoms with Gasteiger partial charge in [-0.1, -0.05) is 41.4 Å². The van der Waals surface area contributed by atoms with Gasteiger partial charge in [0.05, 0.1) is 0 Å². The van der Waals surface area contributed by atoms with Crippen LogP contribution in [-0.4, -0.2) is 29.8 Å². The maximum atomic E-state index is 12.7. The molecule has 0 aromatic heterocycles. The Morgan fingerprint density at radius 1 is 1.04 bits per heavy atom. The number of hydrogen-bond donors (Lipinski definition) is 1. The summed E-state index contributed by atoms with van der Waals surface area (Å²) in [6.45, 7) is 1.03. The topological polar surface area (TPSA) is 49.4 Å². The van der Waals surface area contributed by atoms with Gasteiger partial charge in [-0.05, 0) is 43.2 Å². The summed E-state index contributed by atoms with van der Waals surface area (Å²) in [6, 6.07) is 13.7. The van der Waals surface area contributed by atoms with E-state index in [1.165, 1.54) is 0 Å². The van der Waals surface area contributed by atoms with Gasteiger partial charge in [0.25, 0.3) is 0 Å². The Morgan fingerprint density at radius 3 is 2.48 bits per heavy atom. The second-order valence-electron chi connectivity index (χ2n) is 6.10. The van der Waals surface area contributed by atoms with E-state index in [9.17, 15) is 9.59 Å². The number of nitrogens with one attached hydrogen (secondary N) is 1. The third-order valence-corrected chi connectivity index (χ3v) is 4.73. The van der Waals surface area contributed by atoms with Crippen LogP contribution in [0.4, 0.5) is 10.5 Å². The molecule has 1 saturated heterocycles. The van der Waals surface area contributed by atoms with E-state index < -0.39 is 0 Å². The first-order valence-electron chi connectivity index (χ1n) is 8.14. The van der Waals surface area contributed by atoms with Crippen molar-refractivity contribution in [3.05, 3.63) is 64.1 Å². The highest BCUT2D eigenvalue weighted by Crippen LogP contribution is 2.23. The van der Waals surface area contributed by atoms with Crippen LogP contribution in [0.1, 0.15) is 23.2 Å². The molecule has 25 heavy (non-hydrogen) atoms. The predicted molar refractivity (Wildman–Crippen MR) is 101 cm³/mol. The molecule has 0 bridgehead atoms. The molecule has 2 aromatic carbocycles. The highest BCUT2D eigenvalue weighted by Gasteiger charge is 2.29. The molecule has 1 aliphatic rings. The summed E-state index contributed by atoms with van der Waals surface area (Å²) < 4.78 is 0. The lowest BCUT2D eigenvalue weighted by molar-refractivity contribution is 0.0851. The lowest BCUT2D eigenvalue weighted by atomic mass is 9.90. The maximum Gasteiger partial charge on any atom is 0.321 e. The van der Waals surface area contributed by atoms with Crippen molar-refractivity contribution in [2.24, 2.45) is 5.92 Å². The van der Waals surface area contributed by atoms with E-state index in [1.54, 1.807) is 53.4 Å². The normalized spacial score (nSPS) is 17.2. The van der Waals surface area contributed by atoms with Crippen molar-refractivity contribution >= 4 is 40.7 Å². The van der Waals surface area contributed by atoms with E-state index in [4.69, 9.17) is 23.2 Å². The lowest BCUT2D eigenvalue weighted by Crippen LogP contribution is -2.44. The monoisotopic (exact) mass is 376 g/mol. The first-order valence-corrected chi connectivity index (χ1v) is 8.90. The largest absolute Gasteiger partial charge is 0.324 e. The molecule has 3 rings (SSSR count). The molecule has 1 unspecified atom stereocenters. The Balaban J connectivity index is 1.66. The fourth-order valence-electron chi connectivity index (χ4n) is 3.02. The molecule has 0 radical (unpaired) electrons. The fourth-order valence-corrected chi connectivity index (χ4v) is 3.40. The molecule has 1 N–H and O–H groups in total. The molecule has 1 atom stereocenters. The summed E-state index contributed by atoms with van der Waals surface area (Å²) >= 11 is 11.9. The van der Waals surface area contributed by atoms with E-state index in [-0.39, 0.29) is 17.7 Å². The van der Waals surface area contributed by atoms with Gasteiger partial charge in [0.2, 0.25) is 0 Å². The molecule has 4 nitrogen and oxygen atoms in total. The van der Waals surface area contributed by atoms with Crippen LogP contribution in [0.25, 0.3) is 0 Å². The third-order valence-electron chi connectivity index (χ3n) is 4.26. The average molecular weight is 377 g/mol. The summed E-state index contributed by atoms with van der Waals surface area (Å²) in [4.78, 5) is 26.8. The lowest BCUT2D eigenvalue weighted by Gasteiger charge is -2.32. The molecular weight excluding hydrogens is 359 g/mol. The van der Waals surface area contributed by atoms with Gasteiger partial charge in [0.15, 0.2) is 5.78 Å². The van der Waals surface area contributed by atoms with Gasteiger partial charge in [0, 0.05) is 40.3 Å². The Morgan fingerprint density at radius 2 is 1.76 bits per heavy atom. The molecule has 1 fully saturated rings. The number of ketones is 1. The van der Waals surface area contributed by atoms with E-state index in [0.717, 1.165) is 12.8 Å². The van der Waals surface area contributed by atoms with E-state index in [2.05, 4.69) is 5.32 Å². The first-order chi connectivity index (χ1) is 12.0. The van der Waals surface area contributed by atoms with Crippen molar-refractivity contribution in [2.45, 2.75) is 12.8 Å². The zero-order valence-corrected chi connectivity index (χ0v) is 15.1. The number of anilines is 1. The highest BCUT2D eigenvalue weighted by atomic mass is 35.5. The van der Waals surface area contributed by atoms with E-state index in [0.29, 0.717) is 34.4 Å². The van der Waals surface area contributed by atoms with Crippen LogP contribution in [0.15, 0.2) is 48.5 Å². The smallest absolute Gasteiger partial charge is 0.321 e. The van der Waals surface area contributed by atoms with Crippen LogP contribution < -0.4 is 5.32 Å². The zero-order valence-electron chi connectivity index (χ0n) is 13.5. The summed E-state index contributed by atoms with van der Waals surface area (Å²) in [5, 5.41) is 3.93. The Hall–Kier alpha value is -2.04. The second kappa shape index (κ2) is 7.89. The van der Waals surface area contributed by atoms with Crippen LogP contribution in [0.5, 0.6) is 0 Å². The SMILES string of the molecule is O=C(c1cccc(Cl)c1)C1CCCN(C(=O)Nc2cccc(Cl)c2)C1. The quantitative estimate of drug-likeness (QED) is 0.755. The number of benzene rings is 2. The molecule has 6 heteroatoms. The van der Waals surface area contributed by atoms with Gasteiger partial charge in [-0.2, -0.15) is 0 Å². The number of Topliss-reactive ketones (excluding diaryl/α,β-unsaturated/α-hetero) is 1. The van der Waals surface area contributed by atoms with Crippen LogP contribution in [0.3, 0.4) is 0 Å². The molecule has 1 heterocycles. The second-order valence-corrected chi connectivity index (χ2v) is 6.97. The molecule has 1 aliphatic heterocycles. The number of amides is 2. The van der Waals surface area contributed by atoms with Crippen molar-refractivity contribution in [3.63, 3.8) is 0 Å². The minimum Gasteiger partial charge on any atom is -0.324 e. The third kappa shape index (κ3) is 4.53. The maximum absolute atomic E-state index is 12.7. The van der Waals surface area contributed by atoms with Crippen molar-refractivity contribution in [1.82, 2.24) is 4.90 Å². The summed E-state index contributed by atoms with van der Waals surface area (Å²) in [7, 11) is 0. The van der Waals surface area contributed by atoms with Crippen LogP contribution in [-0.2, 0) is 0 Å². The minimum atomic E-state index is -0.217. The predicted octanol–water partition coefficient (Wildman–Crippen LogP) is 5.12. The summed E-state index contributed by atoms with van der Waals surface area (Å²) in [5.41, 5.74) is 1.23. The van der Waals surface area contributed by atoms with Crippen LogP contribution in [0.2, 0.25) is 10.0 Å². The summed E-state index contributed by atoms with van der Waals surface area (Å²) in [6.07, 6.45) is 1.56. The fraction of sp³-hybridized carbons (Fsp3) is 0.263. The number of piperidine rings is 1. The van der Waals surface area contributed by atoms with E-state index in [1.807, 2.05) is 0 Å². The van der Waals surface area contributed by atoms with E-state index >= 15 is 0 Å². The number of nitrogens with zero attached hydrogens (tertiary/aromatic N) is 1. The number of likely N-dealkylation sites (tertiary alicyclic amines) is 1. The zero-order chi connectivity index (χ0) is 17.8. The number of urea groups is 1. The number of hydrogen-bond acceptors (Lipinski definition) is 2. The average Bonchev–Trinajstić information content (AvgIpc) is 2.61. The Bertz CT molecular complexity index is 794. The Labute approximate surface area is 156 Å². The highest BCUT2D eigenvalue weighted by molar-refractivity contribution is 6.31. The molecule has 2 aromatic rings. The van der Waals surface area contributed by atoms with Gasteiger partial charge in [-0.15, -0.1) is 0 Å². The van der Waals surface area contributed by atoms with Crippen molar-refractivity contribution in [1.29, 1.82) is 0 Å². The first kappa shape index (κ1) is 17.8. The minimum absolute atomic E-state index is 0.0303. The summed E-state index contributed by atoms with van der Waals surface area (Å²) in [5.74, 6) is -0.180. The number of halogens is 2. The standard InChI is InChI=1S/C19H18Cl2N2O2/c20-15-6-1-4-13(10-15)18(24)14-5-3-9-23(12-14)19(25)22-17-8-2-7-16(21)11-17/h1-2,4,6-8,10-11,14H,3,5,9,12H2,(H,22,25). The van der Waals surface area contributed by atoms with Gasteiger partial charge < -0.3 is 10.2 Å². The molecular formula is C19H18Cl2N2O2.